The van der Waals surface area contributed by atoms with Crippen molar-refractivity contribution in [3.63, 3.8) is 0 Å². The summed E-state index contributed by atoms with van der Waals surface area (Å²) in [6, 6.07) is 5.72. The van der Waals surface area contributed by atoms with E-state index in [0.717, 1.165) is 28.3 Å². The van der Waals surface area contributed by atoms with Crippen LogP contribution in [0.1, 0.15) is 21.5 Å². The van der Waals surface area contributed by atoms with Crippen LogP contribution in [-0.2, 0) is 16.1 Å². The van der Waals surface area contributed by atoms with Crippen molar-refractivity contribution in [1.82, 2.24) is 4.90 Å². The fourth-order valence-corrected chi connectivity index (χ4v) is 2.44. The smallest absolute Gasteiger partial charge is 0.338 e. The number of fused-ring (bicyclic) bond motifs is 1. The summed E-state index contributed by atoms with van der Waals surface area (Å²) in [4.78, 5) is 13.4. The minimum atomic E-state index is -0.247. The van der Waals surface area contributed by atoms with Crippen LogP contribution >= 0.6 is 0 Å². The minimum absolute atomic E-state index is 0.247. The molecule has 1 aromatic rings. The van der Waals surface area contributed by atoms with Crippen LogP contribution in [0.5, 0.6) is 0 Å². The molecule has 0 radical (unpaired) electrons. The number of carbonyl (C=O) groups is 1. The van der Waals surface area contributed by atoms with Crippen molar-refractivity contribution in [2.45, 2.75) is 6.61 Å². The van der Waals surface area contributed by atoms with Gasteiger partial charge in [-0.15, -0.1) is 0 Å². The lowest BCUT2D eigenvalue weighted by molar-refractivity contribution is 0.0535. The highest BCUT2D eigenvalue weighted by molar-refractivity contribution is 5.94. The average molecular weight is 269 g/mol. The SMILES string of the molecule is C=C1C(OC)=CC=C(c2ccc3c(c2)COC3=O)N1C. The monoisotopic (exact) mass is 269 g/mol. The van der Waals surface area contributed by atoms with E-state index in [2.05, 4.69) is 6.58 Å². The highest BCUT2D eigenvalue weighted by atomic mass is 16.5. The Balaban J connectivity index is 2.02. The Bertz CT molecular complexity index is 670. The van der Waals surface area contributed by atoms with Gasteiger partial charge in [0.15, 0.2) is 0 Å². The first kappa shape index (κ1) is 12.5. The van der Waals surface area contributed by atoms with Gasteiger partial charge in [-0.05, 0) is 29.8 Å². The number of benzene rings is 1. The molecular weight excluding hydrogens is 254 g/mol. The van der Waals surface area contributed by atoms with Gasteiger partial charge in [0.25, 0.3) is 0 Å². The Hall–Kier alpha value is -2.49. The Kier molecular flexibility index (Phi) is 2.86. The van der Waals surface area contributed by atoms with Crippen LogP contribution in [0.25, 0.3) is 5.70 Å². The Labute approximate surface area is 117 Å². The molecule has 0 saturated heterocycles. The molecule has 0 atom stereocenters. The fraction of sp³-hybridized carbons (Fsp3) is 0.188. The second-order valence-electron chi connectivity index (χ2n) is 4.74. The zero-order valence-corrected chi connectivity index (χ0v) is 11.5. The first-order chi connectivity index (χ1) is 9.61. The summed E-state index contributed by atoms with van der Waals surface area (Å²) >= 11 is 0. The maximum absolute atomic E-state index is 11.5. The van der Waals surface area contributed by atoms with Crippen molar-refractivity contribution >= 4 is 11.7 Å². The topological polar surface area (TPSA) is 38.8 Å². The number of hydrogen-bond donors (Lipinski definition) is 0. The molecule has 4 nitrogen and oxygen atoms in total. The summed E-state index contributed by atoms with van der Waals surface area (Å²) < 4.78 is 10.3. The van der Waals surface area contributed by atoms with Crippen LogP contribution in [0.4, 0.5) is 0 Å². The Morgan fingerprint density at radius 3 is 2.90 bits per heavy atom. The van der Waals surface area contributed by atoms with E-state index in [1.807, 2.05) is 42.3 Å². The summed E-state index contributed by atoms with van der Waals surface area (Å²) in [6.07, 6.45) is 3.87. The fourth-order valence-electron chi connectivity index (χ4n) is 2.44. The lowest BCUT2D eigenvalue weighted by Crippen LogP contribution is -2.20. The van der Waals surface area contributed by atoms with Gasteiger partial charge in [-0.1, -0.05) is 12.6 Å². The van der Waals surface area contributed by atoms with E-state index in [-0.39, 0.29) is 5.97 Å². The van der Waals surface area contributed by atoms with Gasteiger partial charge in [-0.2, -0.15) is 0 Å². The molecule has 0 aromatic heterocycles. The molecule has 2 aliphatic heterocycles. The number of cyclic esters (lactones) is 1. The third-order valence-corrected chi connectivity index (χ3v) is 3.64. The van der Waals surface area contributed by atoms with Crippen LogP contribution in [0, 0.1) is 0 Å². The predicted molar refractivity (Wildman–Crippen MR) is 75.5 cm³/mol. The standard InChI is InChI=1S/C16H15NO3/c1-10-15(19-3)7-6-14(17(10)2)11-4-5-13-12(8-11)9-20-16(13)18/h4-8H,1,9H2,2-3H3. The molecule has 4 heteroatoms. The van der Waals surface area contributed by atoms with Crippen molar-refractivity contribution in [1.29, 1.82) is 0 Å². The number of esters is 1. The number of hydrogen-bond acceptors (Lipinski definition) is 4. The molecule has 0 amide bonds. The molecule has 0 aliphatic carbocycles. The van der Waals surface area contributed by atoms with E-state index in [4.69, 9.17) is 9.47 Å². The van der Waals surface area contributed by atoms with E-state index in [0.29, 0.717) is 12.2 Å². The maximum Gasteiger partial charge on any atom is 0.338 e. The Morgan fingerprint density at radius 1 is 1.35 bits per heavy atom. The highest BCUT2D eigenvalue weighted by Crippen LogP contribution is 2.31. The third-order valence-electron chi connectivity index (χ3n) is 3.64. The second-order valence-corrected chi connectivity index (χ2v) is 4.74. The molecule has 20 heavy (non-hydrogen) atoms. The number of carbonyl (C=O) groups excluding carboxylic acids is 1. The molecule has 102 valence electrons. The van der Waals surface area contributed by atoms with Crippen LogP contribution < -0.4 is 0 Å². The van der Waals surface area contributed by atoms with Gasteiger partial charge >= 0.3 is 5.97 Å². The van der Waals surface area contributed by atoms with Crippen LogP contribution in [0.3, 0.4) is 0 Å². The van der Waals surface area contributed by atoms with E-state index < -0.39 is 0 Å². The summed E-state index contributed by atoms with van der Waals surface area (Å²) in [5.41, 5.74) is 4.42. The summed E-state index contributed by atoms with van der Waals surface area (Å²) in [7, 11) is 3.57. The van der Waals surface area contributed by atoms with Gasteiger partial charge in [-0.25, -0.2) is 4.79 Å². The van der Waals surface area contributed by atoms with Crippen LogP contribution in [0.2, 0.25) is 0 Å². The molecule has 0 saturated carbocycles. The quantitative estimate of drug-likeness (QED) is 0.774. The predicted octanol–water partition coefficient (Wildman–Crippen LogP) is 2.69. The highest BCUT2D eigenvalue weighted by Gasteiger charge is 2.23. The average Bonchev–Trinajstić information content (AvgIpc) is 2.83. The van der Waals surface area contributed by atoms with Crippen molar-refractivity contribution in [3.05, 3.63) is 65.1 Å². The van der Waals surface area contributed by atoms with Gasteiger partial charge in [0.2, 0.25) is 0 Å². The van der Waals surface area contributed by atoms with Gasteiger partial charge < -0.3 is 14.4 Å². The lowest BCUT2D eigenvalue weighted by Gasteiger charge is -2.28. The molecule has 0 bridgehead atoms. The normalized spacial score (nSPS) is 17.4. The first-order valence-electron chi connectivity index (χ1n) is 6.31. The van der Waals surface area contributed by atoms with Gasteiger partial charge in [-0.3, -0.25) is 0 Å². The summed E-state index contributed by atoms with van der Waals surface area (Å²) in [6.45, 7) is 4.37. The second kappa shape index (κ2) is 4.56. The van der Waals surface area contributed by atoms with E-state index in [1.54, 1.807) is 7.11 Å². The molecule has 1 aromatic carbocycles. The lowest BCUT2D eigenvalue weighted by atomic mass is 10.0. The Morgan fingerprint density at radius 2 is 2.15 bits per heavy atom. The molecule has 0 N–H and O–H groups in total. The molecule has 0 spiro atoms. The number of nitrogens with zero attached hydrogens (tertiary/aromatic N) is 1. The van der Waals surface area contributed by atoms with Gasteiger partial charge in [0.1, 0.15) is 12.4 Å². The number of likely N-dealkylation sites (N-methyl/N-ethyl adjacent to an activating group) is 1. The first-order valence-corrected chi connectivity index (χ1v) is 6.31. The van der Waals surface area contributed by atoms with Crippen LogP contribution in [-0.4, -0.2) is 25.0 Å². The molecular formula is C16H15NO3. The molecule has 3 rings (SSSR count). The summed E-state index contributed by atoms with van der Waals surface area (Å²) in [5, 5.41) is 0. The largest absolute Gasteiger partial charge is 0.495 e. The number of rotatable bonds is 2. The van der Waals surface area contributed by atoms with Crippen molar-refractivity contribution < 1.29 is 14.3 Å². The van der Waals surface area contributed by atoms with Crippen molar-refractivity contribution in [3.8, 4) is 0 Å². The zero-order chi connectivity index (χ0) is 14.3. The zero-order valence-electron chi connectivity index (χ0n) is 11.5. The van der Waals surface area contributed by atoms with Crippen LogP contribution in [0.15, 0.2) is 48.4 Å². The maximum atomic E-state index is 11.5. The van der Waals surface area contributed by atoms with Crippen molar-refractivity contribution in [2.24, 2.45) is 0 Å². The molecule has 0 fully saturated rings. The third kappa shape index (κ3) is 1.81. The molecule has 0 unspecified atom stereocenters. The minimum Gasteiger partial charge on any atom is -0.495 e. The van der Waals surface area contributed by atoms with Gasteiger partial charge in [0, 0.05) is 18.3 Å². The van der Waals surface area contributed by atoms with E-state index >= 15 is 0 Å². The number of methoxy groups -OCH3 is 1. The number of allylic oxidation sites excluding steroid dienone is 2. The number of ether oxygens (including phenoxy) is 2. The summed E-state index contributed by atoms with van der Waals surface area (Å²) in [5.74, 6) is 0.499. The van der Waals surface area contributed by atoms with Gasteiger partial charge in [0.05, 0.1) is 18.4 Å². The molecule has 2 heterocycles. The molecule has 2 aliphatic rings. The van der Waals surface area contributed by atoms with E-state index in [9.17, 15) is 4.79 Å². The van der Waals surface area contributed by atoms with E-state index in [1.165, 1.54) is 0 Å². The van der Waals surface area contributed by atoms with Crippen molar-refractivity contribution in [2.75, 3.05) is 14.2 Å².